The molecule has 7 heteroatoms. The van der Waals surface area contributed by atoms with Gasteiger partial charge < -0.3 is 9.84 Å². The number of nitrogens with zero attached hydrogens (tertiary/aromatic N) is 3. The van der Waals surface area contributed by atoms with Crippen molar-refractivity contribution < 1.29 is 19.0 Å². The molecule has 0 saturated heterocycles. The second-order valence-corrected chi connectivity index (χ2v) is 10.1. The van der Waals surface area contributed by atoms with Crippen molar-refractivity contribution in [3.05, 3.63) is 94.4 Å². The van der Waals surface area contributed by atoms with E-state index in [0.29, 0.717) is 52.6 Å². The van der Waals surface area contributed by atoms with Gasteiger partial charge in [-0.15, -0.1) is 0 Å². The minimum Gasteiger partial charge on any atom is -0.490 e. The lowest BCUT2D eigenvalue weighted by molar-refractivity contribution is -0.136. The number of halogens is 1. The van der Waals surface area contributed by atoms with Gasteiger partial charge in [0, 0.05) is 34.0 Å². The SMILES string of the molecule is Cc1cccc(-c2cccc(-c3cc4nc(C)c(CC(=O)O)c(-c5cc(F)c6c(c5C)CCCO6)n4n3)c2)c1. The number of aryl methyl sites for hydroxylation is 2. The van der Waals surface area contributed by atoms with Crippen LogP contribution in [0.2, 0.25) is 0 Å². The third-order valence-electron chi connectivity index (χ3n) is 7.44. The van der Waals surface area contributed by atoms with E-state index in [2.05, 4.69) is 37.3 Å². The maximum atomic E-state index is 15.3. The number of hydrogen-bond acceptors (Lipinski definition) is 4. The molecule has 6 rings (SSSR count). The highest BCUT2D eigenvalue weighted by molar-refractivity contribution is 5.80. The van der Waals surface area contributed by atoms with E-state index in [1.807, 2.05) is 31.2 Å². The Morgan fingerprint density at radius 3 is 2.54 bits per heavy atom. The van der Waals surface area contributed by atoms with Crippen LogP contribution in [0.4, 0.5) is 4.39 Å². The summed E-state index contributed by atoms with van der Waals surface area (Å²) in [7, 11) is 0. The van der Waals surface area contributed by atoms with Gasteiger partial charge in [0.15, 0.2) is 17.2 Å². The highest BCUT2D eigenvalue weighted by atomic mass is 19.1. The average Bonchev–Trinajstić information content (AvgIpc) is 3.35. The Kier molecular flexibility index (Phi) is 6.14. The molecule has 1 aliphatic rings. The molecule has 0 aliphatic carbocycles. The summed E-state index contributed by atoms with van der Waals surface area (Å²) in [5, 5.41) is 14.7. The van der Waals surface area contributed by atoms with Crippen molar-refractivity contribution in [1.82, 2.24) is 14.6 Å². The summed E-state index contributed by atoms with van der Waals surface area (Å²) in [6, 6.07) is 19.8. The van der Waals surface area contributed by atoms with Gasteiger partial charge in [-0.05, 0) is 62.4 Å². The molecule has 1 N–H and O–H groups in total. The van der Waals surface area contributed by atoms with Gasteiger partial charge in [-0.25, -0.2) is 13.9 Å². The van der Waals surface area contributed by atoms with Crippen LogP contribution in [0.25, 0.3) is 39.3 Å². The van der Waals surface area contributed by atoms with E-state index in [1.54, 1.807) is 11.4 Å². The highest BCUT2D eigenvalue weighted by Gasteiger charge is 2.26. The number of carbonyl (C=O) groups is 1. The van der Waals surface area contributed by atoms with Crippen molar-refractivity contribution in [2.45, 2.75) is 40.0 Å². The van der Waals surface area contributed by atoms with E-state index in [4.69, 9.17) is 14.8 Å². The fraction of sp³-hybridized carbons (Fsp3) is 0.219. The molecule has 2 aromatic heterocycles. The molecule has 0 atom stereocenters. The predicted octanol–water partition coefficient (Wildman–Crippen LogP) is 6.75. The van der Waals surface area contributed by atoms with Crippen molar-refractivity contribution in [2.24, 2.45) is 0 Å². The standard InChI is InChI=1S/C32H28FN3O3/c1-18-7-4-8-21(13-18)22-9-5-10-23(14-22)28-17-29-34-20(3)26(16-30(37)38)31(36(29)35-28)25-15-27(33)32-24(19(25)2)11-6-12-39-32/h4-5,7-10,13-15,17H,6,11-12,16H2,1-3H3,(H,37,38). The predicted molar refractivity (Wildman–Crippen MR) is 149 cm³/mol. The number of aromatic nitrogens is 3. The largest absolute Gasteiger partial charge is 0.490 e. The number of rotatable bonds is 5. The lowest BCUT2D eigenvalue weighted by Crippen LogP contribution is -2.14. The topological polar surface area (TPSA) is 76.7 Å². The lowest BCUT2D eigenvalue weighted by atomic mass is 9.91. The second-order valence-electron chi connectivity index (χ2n) is 10.1. The maximum absolute atomic E-state index is 15.3. The molecular formula is C32H28FN3O3. The fourth-order valence-corrected chi connectivity index (χ4v) is 5.52. The zero-order valence-corrected chi connectivity index (χ0v) is 22.1. The van der Waals surface area contributed by atoms with Gasteiger partial charge in [0.25, 0.3) is 0 Å². The smallest absolute Gasteiger partial charge is 0.307 e. The van der Waals surface area contributed by atoms with Gasteiger partial charge in [0.1, 0.15) is 0 Å². The van der Waals surface area contributed by atoms with E-state index >= 15 is 4.39 Å². The van der Waals surface area contributed by atoms with Crippen LogP contribution in [0, 0.1) is 26.6 Å². The summed E-state index contributed by atoms with van der Waals surface area (Å²) in [5.74, 6) is -1.15. The number of benzene rings is 3. The average molecular weight is 522 g/mol. The normalized spacial score (nSPS) is 12.8. The molecule has 5 aromatic rings. The van der Waals surface area contributed by atoms with Gasteiger partial charge in [-0.2, -0.15) is 5.10 Å². The highest BCUT2D eigenvalue weighted by Crippen LogP contribution is 2.39. The van der Waals surface area contributed by atoms with E-state index in [9.17, 15) is 9.90 Å². The summed E-state index contributed by atoms with van der Waals surface area (Å²) in [5.41, 5.74) is 9.46. The summed E-state index contributed by atoms with van der Waals surface area (Å²) < 4.78 is 22.6. The number of aliphatic carboxylic acids is 1. The number of carboxylic acid groups (broad SMARTS) is 1. The summed E-state index contributed by atoms with van der Waals surface area (Å²) >= 11 is 0. The molecule has 39 heavy (non-hydrogen) atoms. The molecule has 0 saturated carbocycles. The summed E-state index contributed by atoms with van der Waals surface area (Å²) in [6.45, 7) is 6.28. The molecule has 0 unspecified atom stereocenters. The van der Waals surface area contributed by atoms with Crippen molar-refractivity contribution in [2.75, 3.05) is 6.61 Å². The zero-order valence-electron chi connectivity index (χ0n) is 22.1. The molecule has 0 radical (unpaired) electrons. The van der Waals surface area contributed by atoms with Crippen LogP contribution in [0.1, 0.15) is 34.4 Å². The molecule has 0 amide bonds. The van der Waals surface area contributed by atoms with Gasteiger partial charge in [0.05, 0.1) is 24.4 Å². The summed E-state index contributed by atoms with van der Waals surface area (Å²) in [6.07, 6.45) is 1.24. The van der Waals surface area contributed by atoms with Crippen molar-refractivity contribution in [3.8, 4) is 39.4 Å². The zero-order chi connectivity index (χ0) is 27.3. The minimum atomic E-state index is -0.988. The van der Waals surface area contributed by atoms with Crippen molar-refractivity contribution >= 4 is 11.6 Å². The third kappa shape index (κ3) is 4.44. The number of carboxylic acids is 1. The van der Waals surface area contributed by atoms with Gasteiger partial charge in [-0.1, -0.05) is 48.0 Å². The van der Waals surface area contributed by atoms with E-state index in [1.165, 1.54) is 11.6 Å². The Bertz CT molecular complexity index is 1770. The molecule has 3 heterocycles. The Balaban J connectivity index is 1.58. The monoisotopic (exact) mass is 521 g/mol. The fourth-order valence-electron chi connectivity index (χ4n) is 5.52. The van der Waals surface area contributed by atoms with Crippen LogP contribution in [0.3, 0.4) is 0 Å². The van der Waals surface area contributed by atoms with E-state index in [0.717, 1.165) is 34.2 Å². The molecule has 0 spiro atoms. The minimum absolute atomic E-state index is 0.253. The quantitative estimate of drug-likeness (QED) is 0.277. The number of hydrogen-bond donors (Lipinski definition) is 1. The summed E-state index contributed by atoms with van der Waals surface area (Å²) in [4.78, 5) is 16.6. The third-order valence-corrected chi connectivity index (χ3v) is 7.44. The van der Waals surface area contributed by atoms with Gasteiger partial charge in [-0.3, -0.25) is 4.79 Å². The maximum Gasteiger partial charge on any atom is 0.307 e. The number of fused-ring (bicyclic) bond motifs is 2. The first-order valence-electron chi connectivity index (χ1n) is 13.0. The van der Waals surface area contributed by atoms with Crippen LogP contribution in [-0.2, 0) is 17.6 Å². The van der Waals surface area contributed by atoms with Crippen molar-refractivity contribution in [1.29, 1.82) is 0 Å². The molecular weight excluding hydrogens is 493 g/mol. The molecule has 6 nitrogen and oxygen atoms in total. The molecule has 0 fully saturated rings. The van der Waals surface area contributed by atoms with E-state index < -0.39 is 11.8 Å². The van der Waals surface area contributed by atoms with Crippen LogP contribution in [-0.4, -0.2) is 32.3 Å². The number of ether oxygens (including phenoxy) is 1. The Labute approximate surface area is 225 Å². The Hall–Kier alpha value is -4.52. The molecule has 3 aromatic carbocycles. The lowest BCUT2D eigenvalue weighted by Gasteiger charge is -2.23. The van der Waals surface area contributed by atoms with Crippen LogP contribution in [0.15, 0.2) is 60.7 Å². The molecule has 196 valence electrons. The van der Waals surface area contributed by atoms with Gasteiger partial charge >= 0.3 is 5.97 Å². The van der Waals surface area contributed by atoms with Crippen LogP contribution < -0.4 is 4.74 Å². The van der Waals surface area contributed by atoms with Gasteiger partial charge in [0.2, 0.25) is 0 Å². The molecule has 1 aliphatic heterocycles. The first kappa shape index (κ1) is 24.8. The first-order valence-corrected chi connectivity index (χ1v) is 13.0. The van der Waals surface area contributed by atoms with Crippen molar-refractivity contribution in [3.63, 3.8) is 0 Å². The second kappa shape index (κ2) is 9.66. The Morgan fingerprint density at radius 1 is 1.03 bits per heavy atom. The molecule has 0 bridgehead atoms. The Morgan fingerprint density at radius 2 is 1.77 bits per heavy atom. The van der Waals surface area contributed by atoms with E-state index in [-0.39, 0.29) is 6.42 Å². The van der Waals surface area contributed by atoms with Crippen LogP contribution >= 0.6 is 0 Å². The van der Waals surface area contributed by atoms with Crippen LogP contribution in [0.5, 0.6) is 5.75 Å². The first-order chi connectivity index (χ1) is 18.8.